The molecule has 0 aliphatic heterocycles. The van der Waals surface area contributed by atoms with Crippen LogP contribution in [0.2, 0.25) is 0 Å². The van der Waals surface area contributed by atoms with Gasteiger partial charge in [0, 0.05) is 0 Å². The summed E-state index contributed by atoms with van der Waals surface area (Å²) in [4.78, 5) is 21.6. The van der Waals surface area contributed by atoms with Gasteiger partial charge in [-0.25, -0.2) is 4.79 Å². The SMILES string of the molecule is O=C(O)c1ccc(C(=O)C(Br)Br)o1. The number of alkyl halides is 2. The van der Waals surface area contributed by atoms with Gasteiger partial charge in [-0.2, -0.15) is 0 Å². The number of rotatable bonds is 3. The molecule has 0 aromatic carbocycles. The molecule has 0 amide bonds. The number of hydrogen-bond acceptors (Lipinski definition) is 3. The molecule has 6 heteroatoms. The summed E-state index contributed by atoms with van der Waals surface area (Å²) in [6.45, 7) is 0. The van der Waals surface area contributed by atoms with Gasteiger partial charge in [0.05, 0.1) is 0 Å². The van der Waals surface area contributed by atoms with Gasteiger partial charge in [-0.05, 0) is 12.1 Å². The third-order valence-electron chi connectivity index (χ3n) is 1.26. The Morgan fingerprint density at radius 1 is 1.31 bits per heavy atom. The summed E-state index contributed by atoms with van der Waals surface area (Å²) in [6, 6.07) is 2.55. The average Bonchev–Trinajstić information content (AvgIpc) is 2.50. The molecule has 1 aromatic heterocycles. The van der Waals surface area contributed by atoms with E-state index in [9.17, 15) is 9.59 Å². The van der Waals surface area contributed by atoms with E-state index in [1.54, 1.807) is 0 Å². The first kappa shape index (κ1) is 10.5. The molecule has 1 heterocycles. The molecule has 0 saturated heterocycles. The number of furan rings is 1. The normalized spacial score (nSPS) is 10.4. The van der Waals surface area contributed by atoms with Gasteiger partial charge in [-0.15, -0.1) is 0 Å². The van der Waals surface area contributed by atoms with Crippen molar-refractivity contribution in [3.63, 3.8) is 0 Å². The Kier molecular flexibility index (Phi) is 3.27. The lowest BCUT2D eigenvalue weighted by molar-refractivity contribution is 0.0660. The molecule has 0 radical (unpaired) electrons. The molecule has 0 bridgehead atoms. The molecule has 0 unspecified atom stereocenters. The van der Waals surface area contributed by atoms with Crippen LogP contribution in [0.15, 0.2) is 16.5 Å². The van der Waals surface area contributed by atoms with Crippen LogP contribution >= 0.6 is 31.9 Å². The van der Waals surface area contributed by atoms with E-state index >= 15 is 0 Å². The Morgan fingerprint density at radius 2 is 1.85 bits per heavy atom. The molecule has 0 aliphatic rings. The number of Topliss-reactive ketones (excluding diaryl/α,β-unsaturated/α-hetero) is 1. The molecule has 0 aliphatic carbocycles. The third-order valence-corrected chi connectivity index (χ3v) is 2.09. The molecular formula is C7H4Br2O4. The maximum atomic E-state index is 11.2. The van der Waals surface area contributed by atoms with Crippen molar-refractivity contribution in [2.75, 3.05) is 0 Å². The van der Waals surface area contributed by atoms with Crippen LogP contribution in [0.3, 0.4) is 0 Å². The van der Waals surface area contributed by atoms with E-state index in [-0.39, 0.29) is 17.3 Å². The second-order valence-corrected chi connectivity index (χ2v) is 5.19. The fraction of sp³-hybridized carbons (Fsp3) is 0.143. The lowest BCUT2D eigenvalue weighted by atomic mass is 10.3. The van der Waals surface area contributed by atoms with Crippen LogP contribution in [0.25, 0.3) is 0 Å². The van der Waals surface area contributed by atoms with Crippen LogP contribution in [0.4, 0.5) is 0 Å². The second kappa shape index (κ2) is 4.06. The maximum absolute atomic E-state index is 11.2. The highest BCUT2D eigenvalue weighted by Gasteiger charge is 2.19. The predicted octanol–water partition coefficient (Wildman–Crippen LogP) is 2.28. The van der Waals surface area contributed by atoms with Gasteiger partial charge in [0.2, 0.25) is 11.5 Å². The summed E-state index contributed by atoms with van der Waals surface area (Å²) < 4.78 is 4.20. The van der Waals surface area contributed by atoms with Gasteiger partial charge in [0.1, 0.15) is 3.74 Å². The first-order valence-electron chi connectivity index (χ1n) is 3.18. The molecule has 0 atom stereocenters. The quantitative estimate of drug-likeness (QED) is 0.687. The highest BCUT2D eigenvalue weighted by atomic mass is 79.9. The standard InChI is InChI=1S/C7H4Br2O4/c8-6(9)5(10)3-1-2-4(13-3)7(11)12/h1-2,6H,(H,11,12). The van der Waals surface area contributed by atoms with E-state index in [2.05, 4.69) is 31.9 Å². The number of carboxylic acids is 1. The van der Waals surface area contributed by atoms with Crippen molar-refractivity contribution in [3.8, 4) is 0 Å². The smallest absolute Gasteiger partial charge is 0.371 e. The first-order valence-corrected chi connectivity index (χ1v) is 5.01. The lowest BCUT2D eigenvalue weighted by Crippen LogP contribution is -2.05. The Labute approximate surface area is 90.2 Å². The maximum Gasteiger partial charge on any atom is 0.371 e. The van der Waals surface area contributed by atoms with Crippen LogP contribution in [-0.4, -0.2) is 20.6 Å². The molecule has 1 N–H and O–H groups in total. The van der Waals surface area contributed by atoms with Gasteiger partial charge < -0.3 is 9.52 Å². The highest BCUT2D eigenvalue weighted by molar-refractivity contribution is 9.25. The highest BCUT2D eigenvalue weighted by Crippen LogP contribution is 2.17. The van der Waals surface area contributed by atoms with E-state index in [4.69, 9.17) is 9.52 Å². The van der Waals surface area contributed by atoms with Gasteiger partial charge >= 0.3 is 5.97 Å². The first-order chi connectivity index (χ1) is 6.02. The predicted molar refractivity (Wildman–Crippen MR) is 51.6 cm³/mol. The minimum Gasteiger partial charge on any atom is -0.475 e. The monoisotopic (exact) mass is 310 g/mol. The minimum atomic E-state index is -1.19. The van der Waals surface area contributed by atoms with Gasteiger partial charge in [-0.3, -0.25) is 4.79 Å². The van der Waals surface area contributed by atoms with Crippen molar-refractivity contribution in [3.05, 3.63) is 23.7 Å². The van der Waals surface area contributed by atoms with Gasteiger partial charge in [0.15, 0.2) is 5.76 Å². The third kappa shape index (κ3) is 2.41. The van der Waals surface area contributed by atoms with E-state index in [1.165, 1.54) is 12.1 Å². The Morgan fingerprint density at radius 3 is 2.23 bits per heavy atom. The largest absolute Gasteiger partial charge is 0.475 e. The Balaban J connectivity index is 2.92. The number of carbonyl (C=O) groups is 2. The summed E-state index contributed by atoms with van der Waals surface area (Å²) in [6.07, 6.45) is 0. The van der Waals surface area contributed by atoms with Gasteiger partial charge in [-0.1, -0.05) is 31.9 Å². The topological polar surface area (TPSA) is 67.5 Å². The van der Waals surface area contributed by atoms with Crippen molar-refractivity contribution in [2.24, 2.45) is 0 Å². The van der Waals surface area contributed by atoms with Gasteiger partial charge in [0.25, 0.3) is 0 Å². The van der Waals surface area contributed by atoms with E-state index < -0.39 is 9.71 Å². The number of carbonyl (C=O) groups excluding carboxylic acids is 1. The zero-order valence-corrected chi connectivity index (χ0v) is 9.33. The van der Waals surface area contributed by atoms with Crippen LogP contribution in [0.5, 0.6) is 0 Å². The molecular weight excluding hydrogens is 308 g/mol. The van der Waals surface area contributed by atoms with Crippen molar-refractivity contribution >= 4 is 43.6 Å². The zero-order chi connectivity index (χ0) is 10.0. The number of ketones is 1. The fourth-order valence-corrected chi connectivity index (χ4v) is 1.14. The number of halogens is 2. The van der Waals surface area contributed by atoms with E-state index in [0.29, 0.717) is 0 Å². The van der Waals surface area contributed by atoms with Crippen molar-refractivity contribution < 1.29 is 19.1 Å². The van der Waals surface area contributed by atoms with Crippen LogP contribution in [-0.2, 0) is 0 Å². The van der Waals surface area contributed by atoms with Crippen molar-refractivity contribution in [1.82, 2.24) is 0 Å². The molecule has 70 valence electrons. The minimum absolute atomic E-state index is 0.0103. The fourth-order valence-electron chi connectivity index (χ4n) is 0.693. The summed E-state index contributed by atoms with van der Waals surface area (Å²) in [5.41, 5.74) is 0. The Bertz CT molecular complexity index is 342. The zero-order valence-electron chi connectivity index (χ0n) is 6.16. The summed E-state index contributed by atoms with van der Waals surface area (Å²) >= 11 is 5.96. The average molecular weight is 312 g/mol. The molecule has 0 saturated carbocycles. The second-order valence-electron chi connectivity index (χ2n) is 2.13. The molecule has 13 heavy (non-hydrogen) atoms. The molecule has 0 spiro atoms. The summed E-state index contributed by atoms with van der Waals surface area (Å²) in [5, 5.41) is 8.49. The van der Waals surface area contributed by atoms with Crippen LogP contribution in [0, 0.1) is 0 Å². The summed E-state index contributed by atoms with van der Waals surface area (Å²) in [7, 11) is 0. The van der Waals surface area contributed by atoms with Crippen LogP contribution in [0.1, 0.15) is 21.1 Å². The number of carboxylic acid groups (broad SMARTS) is 1. The Hall–Kier alpha value is -0.620. The number of aromatic carboxylic acids is 1. The molecule has 1 aromatic rings. The molecule has 0 fully saturated rings. The molecule has 1 rings (SSSR count). The van der Waals surface area contributed by atoms with E-state index in [0.717, 1.165) is 0 Å². The lowest BCUT2D eigenvalue weighted by Gasteiger charge is -1.95. The summed E-state index contributed by atoms with van der Waals surface area (Å²) in [5.74, 6) is -1.78. The molecule has 4 nitrogen and oxygen atoms in total. The van der Waals surface area contributed by atoms with E-state index in [1.807, 2.05) is 0 Å². The van der Waals surface area contributed by atoms with Crippen molar-refractivity contribution in [1.29, 1.82) is 0 Å². The van der Waals surface area contributed by atoms with Crippen molar-refractivity contribution in [2.45, 2.75) is 3.74 Å². The van der Waals surface area contributed by atoms with Crippen LogP contribution < -0.4 is 0 Å². The number of hydrogen-bond donors (Lipinski definition) is 1.